The molecule has 0 saturated carbocycles. The minimum Gasteiger partial charge on any atom is -0.391 e. The number of piperidine rings is 2. The molecule has 4 atom stereocenters. The van der Waals surface area contributed by atoms with Crippen LogP contribution in [-0.4, -0.2) is 65.7 Å². The Kier molecular flexibility index (Phi) is 5.64. The number of rotatable bonds is 3. The van der Waals surface area contributed by atoms with Crippen LogP contribution in [0.4, 0.5) is 5.69 Å². The van der Waals surface area contributed by atoms with Crippen molar-refractivity contribution in [3.8, 4) is 0 Å². The second-order valence-corrected chi connectivity index (χ2v) is 7.88. The monoisotopic (exact) mass is 345 g/mol. The molecule has 25 heavy (non-hydrogen) atoms. The van der Waals surface area contributed by atoms with Gasteiger partial charge in [-0.2, -0.15) is 0 Å². The van der Waals surface area contributed by atoms with Crippen LogP contribution in [0.5, 0.6) is 0 Å². The van der Waals surface area contributed by atoms with Crippen LogP contribution in [0, 0.1) is 5.92 Å². The summed E-state index contributed by atoms with van der Waals surface area (Å²) in [7, 11) is 2.18. The Labute approximate surface area is 151 Å². The molecular formula is C20H31N3O2. The molecule has 0 radical (unpaired) electrons. The van der Waals surface area contributed by atoms with Crippen LogP contribution >= 0.6 is 0 Å². The summed E-state index contributed by atoms with van der Waals surface area (Å²) in [5, 5.41) is 13.5. The van der Waals surface area contributed by atoms with Gasteiger partial charge in [-0.15, -0.1) is 0 Å². The third-order valence-electron chi connectivity index (χ3n) is 5.76. The molecule has 0 aliphatic carbocycles. The highest BCUT2D eigenvalue weighted by atomic mass is 16.3. The number of carbonyl (C=O) groups is 1. The predicted octanol–water partition coefficient (Wildman–Crippen LogP) is 2.42. The number of benzene rings is 1. The molecule has 0 spiro atoms. The maximum atomic E-state index is 12.7. The van der Waals surface area contributed by atoms with Crippen molar-refractivity contribution in [2.24, 2.45) is 5.92 Å². The first-order chi connectivity index (χ1) is 11.9. The fourth-order valence-corrected chi connectivity index (χ4v) is 4.02. The van der Waals surface area contributed by atoms with Gasteiger partial charge < -0.3 is 20.2 Å². The van der Waals surface area contributed by atoms with E-state index in [1.807, 2.05) is 24.3 Å². The van der Waals surface area contributed by atoms with Gasteiger partial charge in [-0.1, -0.05) is 13.0 Å². The Morgan fingerprint density at radius 2 is 2.08 bits per heavy atom. The van der Waals surface area contributed by atoms with Gasteiger partial charge in [0, 0.05) is 43.0 Å². The molecule has 0 bridgehead atoms. The van der Waals surface area contributed by atoms with E-state index in [1.54, 1.807) is 4.90 Å². The topological polar surface area (TPSA) is 55.8 Å². The van der Waals surface area contributed by atoms with Gasteiger partial charge in [-0.05, 0) is 57.4 Å². The number of aliphatic hydroxyl groups is 1. The van der Waals surface area contributed by atoms with Crippen molar-refractivity contribution in [3.05, 3.63) is 29.8 Å². The molecular weight excluding hydrogens is 314 g/mol. The molecule has 2 N–H and O–H groups in total. The average molecular weight is 345 g/mol. The fraction of sp³-hybridized carbons (Fsp3) is 0.650. The quantitative estimate of drug-likeness (QED) is 0.883. The van der Waals surface area contributed by atoms with Crippen LogP contribution in [-0.2, 0) is 0 Å². The van der Waals surface area contributed by atoms with E-state index in [0.29, 0.717) is 30.1 Å². The van der Waals surface area contributed by atoms with E-state index in [9.17, 15) is 9.90 Å². The van der Waals surface area contributed by atoms with Crippen LogP contribution in [0.3, 0.4) is 0 Å². The number of anilines is 1. The van der Waals surface area contributed by atoms with E-state index in [1.165, 1.54) is 0 Å². The Morgan fingerprint density at radius 1 is 1.28 bits per heavy atom. The minimum atomic E-state index is -0.388. The molecule has 2 aliphatic heterocycles. The summed E-state index contributed by atoms with van der Waals surface area (Å²) in [6.07, 6.45) is 2.38. The van der Waals surface area contributed by atoms with Gasteiger partial charge in [0.1, 0.15) is 0 Å². The molecule has 2 saturated heterocycles. The van der Waals surface area contributed by atoms with Gasteiger partial charge in [-0.25, -0.2) is 0 Å². The molecule has 2 aliphatic rings. The zero-order chi connectivity index (χ0) is 18.0. The third-order valence-corrected chi connectivity index (χ3v) is 5.76. The first-order valence-electron chi connectivity index (χ1n) is 9.48. The smallest absolute Gasteiger partial charge is 0.254 e. The Morgan fingerprint density at radius 3 is 2.84 bits per heavy atom. The number of nitrogens with zero attached hydrogens (tertiary/aromatic N) is 2. The molecule has 3 rings (SSSR count). The summed E-state index contributed by atoms with van der Waals surface area (Å²) in [4.78, 5) is 16.9. The zero-order valence-corrected chi connectivity index (χ0v) is 15.6. The van der Waals surface area contributed by atoms with Gasteiger partial charge >= 0.3 is 0 Å². The van der Waals surface area contributed by atoms with E-state index in [-0.39, 0.29) is 12.0 Å². The molecule has 2 heterocycles. The molecule has 1 aromatic carbocycles. The zero-order valence-electron chi connectivity index (χ0n) is 15.6. The Bertz CT molecular complexity index is 606. The van der Waals surface area contributed by atoms with Crippen molar-refractivity contribution in [3.63, 3.8) is 0 Å². The molecule has 5 heteroatoms. The van der Waals surface area contributed by atoms with Gasteiger partial charge in [0.15, 0.2) is 0 Å². The van der Waals surface area contributed by atoms with Crippen LogP contribution in [0.2, 0.25) is 0 Å². The SMILES string of the molecule is CC1CN(C)C(C)CC1Nc1cccc(C(=O)N2CCCC(O)C2)c1. The summed E-state index contributed by atoms with van der Waals surface area (Å²) in [6.45, 7) is 6.81. The fourth-order valence-electron chi connectivity index (χ4n) is 4.02. The van der Waals surface area contributed by atoms with E-state index in [2.05, 4.69) is 31.1 Å². The largest absolute Gasteiger partial charge is 0.391 e. The number of likely N-dealkylation sites (tertiary alicyclic amines) is 2. The Balaban J connectivity index is 1.68. The first kappa shape index (κ1) is 18.2. The number of hydrogen-bond donors (Lipinski definition) is 2. The minimum absolute atomic E-state index is 0.0206. The molecule has 5 nitrogen and oxygen atoms in total. The van der Waals surface area contributed by atoms with Crippen LogP contribution in [0.15, 0.2) is 24.3 Å². The van der Waals surface area contributed by atoms with Gasteiger partial charge in [0.25, 0.3) is 5.91 Å². The lowest BCUT2D eigenvalue weighted by Crippen LogP contribution is -2.48. The van der Waals surface area contributed by atoms with Gasteiger partial charge in [0.2, 0.25) is 0 Å². The molecule has 4 unspecified atom stereocenters. The summed E-state index contributed by atoms with van der Waals surface area (Å²) >= 11 is 0. The van der Waals surface area contributed by atoms with Gasteiger partial charge in [-0.3, -0.25) is 4.79 Å². The maximum absolute atomic E-state index is 12.7. The number of aliphatic hydroxyl groups excluding tert-OH is 1. The van der Waals surface area contributed by atoms with Crippen molar-refractivity contribution in [1.29, 1.82) is 0 Å². The second-order valence-electron chi connectivity index (χ2n) is 7.88. The highest BCUT2D eigenvalue weighted by Crippen LogP contribution is 2.25. The molecule has 1 amide bonds. The van der Waals surface area contributed by atoms with Crippen molar-refractivity contribution in [2.75, 3.05) is 32.0 Å². The number of β-amino-alcohol motifs (C(OH)–C–C–N with tert-alkyl or cyclic N) is 1. The molecule has 2 fully saturated rings. The van der Waals surface area contributed by atoms with E-state index < -0.39 is 0 Å². The number of hydrogen-bond acceptors (Lipinski definition) is 4. The maximum Gasteiger partial charge on any atom is 0.254 e. The summed E-state index contributed by atoms with van der Waals surface area (Å²) < 4.78 is 0. The number of carbonyl (C=O) groups excluding carboxylic acids is 1. The van der Waals surface area contributed by atoms with Crippen LogP contribution in [0.25, 0.3) is 0 Å². The summed E-state index contributed by atoms with van der Waals surface area (Å²) in [5.41, 5.74) is 1.71. The van der Waals surface area contributed by atoms with Crippen molar-refractivity contribution in [1.82, 2.24) is 9.80 Å². The molecule has 138 valence electrons. The lowest BCUT2D eigenvalue weighted by Gasteiger charge is -2.40. The van der Waals surface area contributed by atoms with Crippen molar-refractivity contribution >= 4 is 11.6 Å². The second kappa shape index (κ2) is 7.75. The highest BCUT2D eigenvalue weighted by molar-refractivity contribution is 5.95. The molecule has 0 aromatic heterocycles. The highest BCUT2D eigenvalue weighted by Gasteiger charge is 2.29. The average Bonchev–Trinajstić information content (AvgIpc) is 2.59. The van der Waals surface area contributed by atoms with Crippen molar-refractivity contribution in [2.45, 2.75) is 51.3 Å². The Hall–Kier alpha value is -1.59. The van der Waals surface area contributed by atoms with Gasteiger partial charge in [0.05, 0.1) is 6.10 Å². The normalized spacial score (nSPS) is 31.0. The lowest BCUT2D eigenvalue weighted by molar-refractivity contribution is 0.0474. The van der Waals surface area contributed by atoms with Crippen LogP contribution < -0.4 is 5.32 Å². The standard InChI is InChI=1S/C20H31N3O2/c1-14-12-22(3)15(2)10-19(14)21-17-7-4-6-16(11-17)20(25)23-9-5-8-18(24)13-23/h4,6-7,11,14-15,18-19,21,24H,5,8-10,12-13H2,1-3H3. The number of amides is 1. The third kappa shape index (κ3) is 4.33. The number of nitrogens with one attached hydrogen (secondary N) is 1. The van der Waals surface area contributed by atoms with Crippen LogP contribution in [0.1, 0.15) is 43.5 Å². The van der Waals surface area contributed by atoms with E-state index in [0.717, 1.165) is 38.0 Å². The summed E-state index contributed by atoms with van der Waals surface area (Å²) in [6, 6.07) is 8.80. The van der Waals surface area contributed by atoms with E-state index in [4.69, 9.17) is 0 Å². The van der Waals surface area contributed by atoms with Crippen molar-refractivity contribution < 1.29 is 9.90 Å². The first-order valence-corrected chi connectivity index (χ1v) is 9.48. The predicted molar refractivity (Wildman–Crippen MR) is 101 cm³/mol. The van der Waals surface area contributed by atoms with E-state index >= 15 is 0 Å². The summed E-state index contributed by atoms with van der Waals surface area (Å²) in [5.74, 6) is 0.588. The molecule has 1 aromatic rings. The lowest BCUT2D eigenvalue weighted by atomic mass is 9.89.